The molecule has 0 N–H and O–H groups in total. The molecule has 1 aliphatic heterocycles. The second-order valence-corrected chi connectivity index (χ2v) is 6.05. The van der Waals surface area contributed by atoms with Crippen molar-refractivity contribution >= 4 is 5.91 Å². The molecule has 2 aromatic rings. The van der Waals surface area contributed by atoms with Crippen LogP contribution in [0.15, 0.2) is 23.2 Å². The normalized spacial score (nSPS) is 18.6. The quantitative estimate of drug-likeness (QED) is 0.847. The van der Waals surface area contributed by atoms with E-state index in [1.165, 1.54) is 6.33 Å². The third kappa shape index (κ3) is 3.28. The Bertz CT molecular complexity index is 633. The van der Waals surface area contributed by atoms with E-state index in [2.05, 4.69) is 29.1 Å². The summed E-state index contributed by atoms with van der Waals surface area (Å²) in [5.74, 6) is 0.607. The van der Waals surface area contributed by atoms with Gasteiger partial charge in [0.05, 0.1) is 11.7 Å². The summed E-state index contributed by atoms with van der Waals surface area (Å²) >= 11 is 0. The molecule has 0 saturated carbocycles. The molecule has 1 amide bonds. The van der Waals surface area contributed by atoms with E-state index in [1.54, 1.807) is 12.4 Å². The maximum atomic E-state index is 12.7. The topological polar surface area (TPSA) is 77.0 Å². The van der Waals surface area contributed by atoms with Crippen LogP contribution in [0, 0.1) is 0 Å². The number of piperidine rings is 1. The lowest BCUT2D eigenvalue weighted by molar-refractivity contribution is 0.0631. The highest BCUT2D eigenvalue weighted by Crippen LogP contribution is 2.25. The Morgan fingerprint density at radius 1 is 1.43 bits per heavy atom. The van der Waals surface area contributed by atoms with Gasteiger partial charge in [-0.15, -0.1) is 0 Å². The van der Waals surface area contributed by atoms with Crippen LogP contribution < -0.4 is 0 Å². The zero-order valence-corrected chi connectivity index (χ0v) is 13.7. The molecule has 0 bridgehead atoms. The van der Waals surface area contributed by atoms with Gasteiger partial charge in [0.1, 0.15) is 12.7 Å². The summed E-state index contributed by atoms with van der Waals surface area (Å²) in [6, 6.07) is 1.98. The monoisotopic (exact) mass is 317 g/mol. The van der Waals surface area contributed by atoms with E-state index in [-0.39, 0.29) is 11.9 Å². The second-order valence-electron chi connectivity index (χ2n) is 6.05. The van der Waals surface area contributed by atoms with Crippen molar-refractivity contribution in [3.8, 4) is 0 Å². The van der Waals surface area contributed by atoms with Crippen molar-refractivity contribution in [2.45, 2.75) is 51.5 Å². The predicted octanol–water partition coefficient (Wildman–Crippen LogP) is 2.65. The van der Waals surface area contributed by atoms with Gasteiger partial charge in [0.25, 0.3) is 5.91 Å². The largest absolute Gasteiger partial charge is 0.351 e. The Hall–Kier alpha value is -2.18. The molecule has 23 heavy (non-hydrogen) atoms. The molecule has 3 rings (SSSR count). The van der Waals surface area contributed by atoms with E-state index in [0.29, 0.717) is 18.2 Å². The Morgan fingerprint density at radius 2 is 2.26 bits per heavy atom. The molecule has 1 saturated heterocycles. The summed E-state index contributed by atoms with van der Waals surface area (Å²) in [5.41, 5.74) is 0.878. The van der Waals surface area contributed by atoms with Gasteiger partial charge in [-0.25, -0.2) is 9.67 Å². The van der Waals surface area contributed by atoms with Gasteiger partial charge in [-0.2, -0.15) is 5.10 Å². The molecule has 0 aliphatic carbocycles. The van der Waals surface area contributed by atoms with Gasteiger partial charge < -0.3 is 9.42 Å². The van der Waals surface area contributed by atoms with Crippen LogP contribution >= 0.6 is 0 Å². The number of hydrogen-bond donors (Lipinski definition) is 0. The lowest BCUT2D eigenvalue weighted by Gasteiger charge is -2.31. The maximum absolute atomic E-state index is 12.7. The zero-order chi connectivity index (χ0) is 16.2. The van der Waals surface area contributed by atoms with Crippen molar-refractivity contribution in [2.24, 2.45) is 0 Å². The highest BCUT2D eigenvalue weighted by Gasteiger charge is 2.28. The van der Waals surface area contributed by atoms with Gasteiger partial charge in [0.15, 0.2) is 0 Å². The first-order chi connectivity index (χ1) is 11.2. The molecule has 7 nitrogen and oxygen atoms in total. The summed E-state index contributed by atoms with van der Waals surface area (Å²) in [7, 11) is 0. The number of carbonyl (C=O) groups is 1. The molecular weight excluding hydrogens is 294 g/mol. The van der Waals surface area contributed by atoms with Crippen LogP contribution in [0.5, 0.6) is 0 Å². The van der Waals surface area contributed by atoms with Crippen LogP contribution in [0.2, 0.25) is 0 Å². The average Bonchev–Trinajstić information content (AvgIpc) is 3.27. The minimum absolute atomic E-state index is 0.0838. The molecule has 0 unspecified atom stereocenters. The number of hydrogen-bond acceptors (Lipinski definition) is 5. The standard InChI is InChI=1S/C16H23N5O2/c1-3-12(4-2)14-8-15(23-19-14)16(22)20-7-5-6-13(9-20)21-11-17-10-18-21/h8,10-13H,3-7,9H2,1-2H3/t13-/m1/s1. The van der Waals surface area contributed by atoms with Crippen molar-refractivity contribution in [1.82, 2.24) is 24.8 Å². The van der Waals surface area contributed by atoms with Crippen LogP contribution in [-0.2, 0) is 0 Å². The average molecular weight is 317 g/mol. The first kappa shape index (κ1) is 15.7. The molecule has 1 atom stereocenters. The van der Waals surface area contributed by atoms with Crippen LogP contribution in [0.3, 0.4) is 0 Å². The first-order valence-corrected chi connectivity index (χ1v) is 8.32. The van der Waals surface area contributed by atoms with Gasteiger partial charge in [0.2, 0.25) is 5.76 Å². The van der Waals surface area contributed by atoms with E-state index < -0.39 is 0 Å². The fourth-order valence-electron chi connectivity index (χ4n) is 3.21. The highest BCUT2D eigenvalue weighted by atomic mass is 16.5. The number of rotatable bonds is 5. The lowest BCUT2D eigenvalue weighted by Crippen LogP contribution is -2.40. The predicted molar refractivity (Wildman–Crippen MR) is 84.0 cm³/mol. The van der Waals surface area contributed by atoms with Gasteiger partial charge >= 0.3 is 0 Å². The Balaban J connectivity index is 1.70. The van der Waals surface area contributed by atoms with Gasteiger partial charge in [-0.3, -0.25) is 4.79 Å². The van der Waals surface area contributed by atoms with Crippen molar-refractivity contribution in [1.29, 1.82) is 0 Å². The summed E-state index contributed by atoms with van der Waals surface area (Å²) in [5, 5.41) is 8.28. The molecule has 0 aromatic carbocycles. The molecule has 0 spiro atoms. The summed E-state index contributed by atoms with van der Waals surface area (Å²) in [6.07, 6.45) is 7.17. The second kappa shape index (κ2) is 6.93. The SMILES string of the molecule is CCC(CC)c1cc(C(=O)N2CCC[C@@H](n3cncn3)C2)on1. The summed E-state index contributed by atoms with van der Waals surface area (Å²) in [4.78, 5) is 18.5. The minimum Gasteiger partial charge on any atom is -0.351 e. The van der Waals surface area contributed by atoms with Crippen LogP contribution in [0.25, 0.3) is 0 Å². The van der Waals surface area contributed by atoms with Crippen molar-refractivity contribution < 1.29 is 9.32 Å². The Morgan fingerprint density at radius 3 is 2.96 bits per heavy atom. The van der Waals surface area contributed by atoms with E-state index >= 15 is 0 Å². The molecule has 3 heterocycles. The Kier molecular flexibility index (Phi) is 4.73. The molecule has 124 valence electrons. The van der Waals surface area contributed by atoms with Crippen LogP contribution in [-0.4, -0.2) is 43.8 Å². The number of aromatic nitrogens is 4. The van der Waals surface area contributed by atoms with Crippen LogP contribution in [0.4, 0.5) is 0 Å². The first-order valence-electron chi connectivity index (χ1n) is 8.32. The molecule has 1 aliphatic rings. The third-order valence-electron chi connectivity index (χ3n) is 4.64. The Labute approximate surface area is 135 Å². The van der Waals surface area contributed by atoms with E-state index in [9.17, 15) is 4.79 Å². The number of likely N-dealkylation sites (tertiary alicyclic amines) is 1. The van der Waals surface area contributed by atoms with Crippen LogP contribution in [0.1, 0.15) is 67.7 Å². The fourth-order valence-corrected chi connectivity index (χ4v) is 3.21. The molecule has 1 fully saturated rings. The number of amides is 1. The summed E-state index contributed by atoms with van der Waals surface area (Å²) in [6.45, 7) is 5.61. The maximum Gasteiger partial charge on any atom is 0.292 e. The van der Waals surface area contributed by atoms with E-state index in [1.807, 2.05) is 9.58 Å². The zero-order valence-electron chi connectivity index (χ0n) is 13.7. The minimum atomic E-state index is -0.0838. The van der Waals surface area contributed by atoms with Gasteiger partial charge in [0, 0.05) is 25.1 Å². The molecule has 7 heteroatoms. The van der Waals surface area contributed by atoms with E-state index in [4.69, 9.17) is 4.52 Å². The van der Waals surface area contributed by atoms with E-state index in [0.717, 1.165) is 37.9 Å². The van der Waals surface area contributed by atoms with Gasteiger partial charge in [-0.1, -0.05) is 19.0 Å². The van der Waals surface area contributed by atoms with Gasteiger partial charge in [-0.05, 0) is 25.7 Å². The van der Waals surface area contributed by atoms with Crippen molar-refractivity contribution in [2.75, 3.05) is 13.1 Å². The highest BCUT2D eigenvalue weighted by molar-refractivity contribution is 5.91. The number of carbonyl (C=O) groups excluding carboxylic acids is 1. The lowest BCUT2D eigenvalue weighted by atomic mass is 9.99. The molecular formula is C16H23N5O2. The fraction of sp³-hybridized carbons (Fsp3) is 0.625. The van der Waals surface area contributed by atoms with Crippen molar-refractivity contribution in [3.05, 3.63) is 30.2 Å². The summed E-state index contributed by atoms with van der Waals surface area (Å²) < 4.78 is 7.14. The molecule has 0 radical (unpaired) electrons. The smallest absolute Gasteiger partial charge is 0.292 e. The molecule has 2 aromatic heterocycles. The van der Waals surface area contributed by atoms with Crippen molar-refractivity contribution in [3.63, 3.8) is 0 Å². The number of nitrogens with zero attached hydrogens (tertiary/aromatic N) is 5. The third-order valence-corrected chi connectivity index (χ3v) is 4.64.